The summed E-state index contributed by atoms with van der Waals surface area (Å²) in [5.74, 6) is -2.12. The molecule has 0 radical (unpaired) electrons. The van der Waals surface area contributed by atoms with Crippen LogP contribution in [0, 0.1) is 0 Å². The van der Waals surface area contributed by atoms with Gasteiger partial charge in [0.05, 0.1) is 20.0 Å². The van der Waals surface area contributed by atoms with Crippen LogP contribution in [0.3, 0.4) is 0 Å². The second-order valence-corrected chi connectivity index (χ2v) is 6.67. The molecule has 0 aliphatic rings. The normalized spacial score (nSPS) is 11.7. The zero-order valence-electron chi connectivity index (χ0n) is 13.4. The Morgan fingerprint density at radius 1 is 1.08 bits per heavy atom. The number of carbonyl (C=O) groups is 2. The van der Waals surface area contributed by atoms with Crippen LogP contribution < -0.4 is 0 Å². The minimum absolute atomic E-state index is 0.000977. The Labute approximate surface area is 140 Å². The molecule has 0 aromatic heterocycles. The molecule has 0 aliphatic carbocycles. The first-order valence-corrected chi connectivity index (χ1v) is 8.67. The molecule has 8 nitrogen and oxygen atoms in total. The second-order valence-electron chi connectivity index (χ2n) is 4.65. The van der Waals surface area contributed by atoms with Crippen LogP contribution in [0.5, 0.6) is 0 Å². The Balaban J connectivity index is 2.77. The van der Waals surface area contributed by atoms with E-state index in [1.807, 2.05) is 6.07 Å². The van der Waals surface area contributed by atoms with Crippen molar-refractivity contribution in [3.63, 3.8) is 0 Å². The standard InChI is InChI=1S/C15H19NO7S/c1-21-13(17)9-6-10-24(19,20)14(15(18)22-2)16-23-11-12-7-4-3-5-8-12/h3-5,7-8H,6,9-11H2,1-2H3/b16-14+. The van der Waals surface area contributed by atoms with E-state index in [0.29, 0.717) is 0 Å². The summed E-state index contributed by atoms with van der Waals surface area (Å²) in [6.07, 6.45) is -0.0985. The van der Waals surface area contributed by atoms with E-state index < -0.39 is 32.6 Å². The number of benzene rings is 1. The molecule has 132 valence electrons. The number of oxime groups is 1. The molecule has 1 aromatic rings. The fraction of sp³-hybridized carbons (Fsp3) is 0.400. The molecule has 0 saturated heterocycles. The zero-order chi connectivity index (χ0) is 18.0. The van der Waals surface area contributed by atoms with Gasteiger partial charge in [-0.05, 0) is 12.0 Å². The molecule has 0 aliphatic heterocycles. The first-order chi connectivity index (χ1) is 11.4. The lowest BCUT2D eigenvalue weighted by Gasteiger charge is -2.06. The Kier molecular flexibility index (Phi) is 7.90. The number of hydrogen-bond acceptors (Lipinski definition) is 8. The van der Waals surface area contributed by atoms with E-state index in [2.05, 4.69) is 14.6 Å². The maximum Gasteiger partial charge on any atom is 0.372 e. The third-order valence-electron chi connectivity index (χ3n) is 2.90. The van der Waals surface area contributed by atoms with E-state index in [0.717, 1.165) is 12.7 Å². The van der Waals surface area contributed by atoms with E-state index in [-0.39, 0.29) is 19.4 Å². The number of nitrogens with zero attached hydrogens (tertiary/aromatic N) is 1. The van der Waals surface area contributed by atoms with Gasteiger partial charge in [0.1, 0.15) is 6.61 Å². The van der Waals surface area contributed by atoms with Gasteiger partial charge >= 0.3 is 11.9 Å². The van der Waals surface area contributed by atoms with E-state index in [1.165, 1.54) is 7.11 Å². The zero-order valence-corrected chi connectivity index (χ0v) is 14.2. The summed E-state index contributed by atoms with van der Waals surface area (Å²) in [4.78, 5) is 27.6. The smallest absolute Gasteiger partial charge is 0.372 e. The molecule has 0 bridgehead atoms. The number of ether oxygens (including phenoxy) is 2. The Hall–Kier alpha value is -2.42. The molecular formula is C15H19NO7S. The molecule has 0 amide bonds. The summed E-state index contributed by atoms with van der Waals surface area (Å²) in [5, 5.41) is 2.59. The van der Waals surface area contributed by atoms with Crippen LogP contribution in [0.2, 0.25) is 0 Å². The van der Waals surface area contributed by atoms with E-state index in [1.54, 1.807) is 24.3 Å². The highest BCUT2D eigenvalue weighted by Gasteiger charge is 2.29. The maximum atomic E-state index is 12.2. The van der Waals surface area contributed by atoms with Gasteiger partial charge in [-0.1, -0.05) is 35.5 Å². The van der Waals surface area contributed by atoms with Crippen LogP contribution in [0.15, 0.2) is 35.5 Å². The molecular weight excluding hydrogens is 338 g/mol. The van der Waals surface area contributed by atoms with Crippen molar-refractivity contribution >= 4 is 26.8 Å². The van der Waals surface area contributed by atoms with Gasteiger partial charge in [-0.2, -0.15) is 0 Å². The van der Waals surface area contributed by atoms with Gasteiger partial charge in [-0.25, -0.2) is 13.2 Å². The fourth-order valence-corrected chi connectivity index (χ4v) is 2.87. The van der Waals surface area contributed by atoms with Gasteiger partial charge in [-0.3, -0.25) is 4.79 Å². The highest BCUT2D eigenvalue weighted by molar-refractivity contribution is 8.08. The summed E-state index contributed by atoms with van der Waals surface area (Å²) >= 11 is 0. The van der Waals surface area contributed by atoms with E-state index in [4.69, 9.17) is 4.84 Å². The quantitative estimate of drug-likeness (QED) is 0.311. The van der Waals surface area contributed by atoms with Crippen molar-refractivity contribution in [1.82, 2.24) is 0 Å². The van der Waals surface area contributed by atoms with Crippen molar-refractivity contribution in [1.29, 1.82) is 0 Å². The Bertz CT molecular complexity index is 683. The van der Waals surface area contributed by atoms with Crippen molar-refractivity contribution in [3.05, 3.63) is 35.9 Å². The fourth-order valence-electron chi connectivity index (χ4n) is 1.65. The topological polar surface area (TPSA) is 108 Å². The van der Waals surface area contributed by atoms with Crippen LogP contribution in [-0.2, 0) is 40.3 Å². The van der Waals surface area contributed by atoms with Gasteiger partial charge in [0, 0.05) is 6.42 Å². The second kappa shape index (κ2) is 9.66. The van der Waals surface area contributed by atoms with Crippen molar-refractivity contribution in [3.8, 4) is 0 Å². The number of carbonyl (C=O) groups excluding carboxylic acids is 2. The third kappa shape index (κ3) is 6.37. The van der Waals surface area contributed by atoms with Crippen molar-refractivity contribution in [2.75, 3.05) is 20.0 Å². The number of esters is 2. The summed E-state index contributed by atoms with van der Waals surface area (Å²) in [7, 11) is -1.80. The van der Waals surface area contributed by atoms with E-state index >= 15 is 0 Å². The van der Waals surface area contributed by atoms with Crippen molar-refractivity contribution in [2.45, 2.75) is 19.4 Å². The average Bonchev–Trinajstić information content (AvgIpc) is 2.58. The molecule has 0 unspecified atom stereocenters. The number of hydrogen-bond donors (Lipinski definition) is 0. The number of methoxy groups -OCH3 is 2. The monoisotopic (exact) mass is 357 g/mol. The van der Waals surface area contributed by atoms with Gasteiger partial charge in [0.2, 0.25) is 9.84 Å². The maximum absolute atomic E-state index is 12.2. The minimum atomic E-state index is -4.05. The molecule has 0 atom stereocenters. The molecule has 0 saturated carbocycles. The van der Waals surface area contributed by atoms with Gasteiger partial charge in [0.15, 0.2) is 0 Å². The van der Waals surface area contributed by atoms with Crippen molar-refractivity contribution < 1.29 is 32.3 Å². The van der Waals surface area contributed by atoms with Gasteiger partial charge in [-0.15, -0.1) is 0 Å². The summed E-state index contributed by atoms with van der Waals surface area (Å²) in [6, 6.07) is 8.91. The molecule has 1 rings (SSSR count). The number of sulfone groups is 1. The lowest BCUT2D eigenvalue weighted by molar-refractivity contribution is -0.140. The van der Waals surface area contributed by atoms with Crippen LogP contribution in [0.4, 0.5) is 0 Å². The molecule has 0 spiro atoms. The van der Waals surface area contributed by atoms with Crippen LogP contribution >= 0.6 is 0 Å². The first kappa shape index (κ1) is 19.6. The molecule has 9 heteroatoms. The summed E-state index contributed by atoms with van der Waals surface area (Å²) in [5.41, 5.74) is 0.758. The predicted molar refractivity (Wildman–Crippen MR) is 85.7 cm³/mol. The minimum Gasteiger partial charge on any atom is -0.469 e. The third-order valence-corrected chi connectivity index (χ3v) is 4.55. The Morgan fingerprint density at radius 2 is 1.75 bits per heavy atom. The predicted octanol–water partition coefficient (Wildman–Crippen LogP) is 1.06. The Morgan fingerprint density at radius 3 is 2.33 bits per heavy atom. The lowest BCUT2D eigenvalue weighted by atomic mass is 10.2. The van der Waals surface area contributed by atoms with Crippen LogP contribution in [-0.4, -0.2) is 45.4 Å². The van der Waals surface area contributed by atoms with Crippen molar-refractivity contribution in [2.24, 2.45) is 5.16 Å². The molecule has 1 aromatic carbocycles. The molecule has 24 heavy (non-hydrogen) atoms. The van der Waals surface area contributed by atoms with Crippen LogP contribution in [0.1, 0.15) is 18.4 Å². The average molecular weight is 357 g/mol. The molecule has 0 fully saturated rings. The lowest BCUT2D eigenvalue weighted by Crippen LogP contribution is -2.28. The highest BCUT2D eigenvalue weighted by Crippen LogP contribution is 2.06. The highest BCUT2D eigenvalue weighted by atomic mass is 32.2. The molecule has 0 heterocycles. The largest absolute Gasteiger partial charge is 0.469 e. The summed E-state index contributed by atoms with van der Waals surface area (Å²) in [6.45, 7) is -0.000977. The number of rotatable bonds is 7. The summed E-state index contributed by atoms with van der Waals surface area (Å²) < 4.78 is 33.2. The van der Waals surface area contributed by atoms with Crippen LogP contribution in [0.25, 0.3) is 0 Å². The van der Waals surface area contributed by atoms with Gasteiger partial charge in [0.25, 0.3) is 5.04 Å². The van der Waals surface area contributed by atoms with Gasteiger partial charge < -0.3 is 14.3 Å². The SMILES string of the molecule is COC(=O)CCCS(=O)(=O)/C(=N/OCc1ccccc1)C(=O)OC. The first-order valence-electron chi connectivity index (χ1n) is 7.02. The van der Waals surface area contributed by atoms with E-state index in [9.17, 15) is 18.0 Å². The molecule has 0 N–H and O–H groups in total.